The van der Waals surface area contributed by atoms with Gasteiger partial charge in [0.15, 0.2) is 0 Å². The smallest absolute Gasteiger partial charge is 0.339 e. The van der Waals surface area contributed by atoms with Crippen molar-refractivity contribution in [3.63, 3.8) is 0 Å². The van der Waals surface area contributed by atoms with Gasteiger partial charge in [-0.25, -0.2) is 9.18 Å². The number of hydrogen-bond donors (Lipinski definition) is 0. The Kier molecular flexibility index (Phi) is 5.12. The normalized spacial score (nSPS) is 15.4. The summed E-state index contributed by atoms with van der Waals surface area (Å²) in [5.74, 6) is -0.901. The molecule has 4 nitrogen and oxygen atoms in total. The van der Waals surface area contributed by atoms with Gasteiger partial charge in [-0.05, 0) is 47.0 Å². The van der Waals surface area contributed by atoms with Crippen molar-refractivity contribution in [2.75, 3.05) is 7.05 Å². The van der Waals surface area contributed by atoms with E-state index in [4.69, 9.17) is 4.74 Å². The van der Waals surface area contributed by atoms with E-state index in [-0.39, 0.29) is 23.8 Å². The third-order valence-corrected chi connectivity index (χ3v) is 5.05. The molecule has 3 aromatic rings. The van der Waals surface area contributed by atoms with Crippen LogP contribution in [0, 0.1) is 5.82 Å². The molecule has 146 valence electrons. The van der Waals surface area contributed by atoms with E-state index in [9.17, 15) is 14.0 Å². The Morgan fingerprint density at radius 3 is 2.62 bits per heavy atom. The van der Waals surface area contributed by atoms with E-state index in [1.165, 1.54) is 17.0 Å². The van der Waals surface area contributed by atoms with Crippen molar-refractivity contribution in [2.24, 2.45) is 0 Å². The molecular formula is C24H20FNO3. The quantitative estimate of drug-likeness (QED) is 0.615. The second-order valence-corrected chi connectivity index (χ2v) is 7.17. The standard InChI is InChI=1S/C24H20FNO3/c1-26(15-16-6-5-9-20(25)12-16)23(27)18-10-11-21-19(13-18)14-22(29-24(21)28)17-7-3-2-4-8-17/h2-13,22H,14-15H2,1H3. The lowest BCUT2D eigenvalue weighted by Gasteiger charge is -2.26. The molecule has 1 atom stereocenters. The molecule has 29 heavy (non-hydrogen) atoms. The van der Waals surface area contributed by atoms with E-state index in [0.29, 0.717) is 29.7 Å². The first-order valence-electron chi connectivity index (χ1n) is 9.40. The van der Waals surface area contributed by atoms with Gasteiger partial charge < -0.3 is 9.64 Å². The summed E-state index contributed by atoms with van der Waals surface area (Å²) < 4.78 is 19.0. The number of nitrogens with zero attached hydrogens (tertiary/aromatic N) is 1. The van der Waals surface area contributed by atoms with Gasteiger partial charge in [0.25, 0.3) is 5.91 Å². The molecule has 0 saturated carbocycles. The first kappa shape index (κ1) is 18.9. The van der Waals surface area contributed by atoms with Crippen LogP contribution in [0.3, 0.4) is 0 Å². The third-order valence-electron chi connectivity index (χ3n) is 5.05. The molecule has 1 amide bonds. The van der Waals surface area contributed by atoms with Crippen molar-refractivity contribution in [2.45, 2.75) is 19.1 Å². The zero-order valence-corrected chi connectivity index (χ0v) is 16.0. The fourth-order valence-electron chi connectivity index (χ4n) is 3.58. The maximum Gasteiger partial charge on any atom is 0.339 e. The summed E-state index contributed by atoms with van der Waals surface area (Å²) in [5, 5.41) is 0. The fraction of sp³-hybridized carbons (Fsp3) is 0.167. The summed E-state index contributed by atoms with van der Waals surface area (Å²) >= 11 is 0. The van der Waals surface area contributed by atoms with Gasteiger partial charge in [0.05, 0.1) is 5.56 Å². The SMILES string of the molecule is CN(Cc1cccc(F)c1)C(=O)c1ccc2c(c1)CC(c1ccccc1)OC2=O. The van der Waals surface area contributed by atoms with E-state index in [1.54, 1.807) is 37.4 Å². The summed E-state index contributed by atoms with van der Waals surface area (Å²) in [5.41, 5.74) is 3.41. The molecule has 1 aliphatic rings. The maximum atomic E-state index is 13.4. The summed E-state index contributed by atoms with van der Waals surface area (Å²) in [6, 6.07) is 20.8. The summed E-state index contributed by atoms with van der Waals surface area (Å²) in [4.78, 5) is 26.8. The largest absolute Gasteiger partial charge is 0.454 e. The Bertz CT molecular complexity index is 1060. The van der Waals surface area contributed by atoms with Gasteiger partial charge >= 0.3 is 5.97 Å². The van der Waals surface area contributed by atoms with Crippen molar-refractivity contribution in [3.05, 3.63) is 106 Å². The van der Waals surface area contributed by atoms with E-state index < -0.39 is 0 Å². The van der Waals surface area contributed by atoms with Crippen molar-refractivity contribution in [1.82, 2.24) is 4.90 Å². The van der Waals surface area contributed by atoms with E-state index in [1.807, 2.05) is 30.3 Å². The number of carbonyl (C=O) groups is 2. The maximum absolute atomic E-state index is 13.4. The minimum absolute atomic E-state index is 0.188. The van der Waals surface area contributed by atoms with Gasteiger partial charge in [0.1, 0.15) is 11.9 Å². The number of fused-ring (bicyclic) bond motifs is 1. The average molecular weight is 389 g/mol. The highest BCUT2D eigenvalue weighted by molar-refractivity contribution is 5.97. The zero-order chi connectivity index (χ0) is 20.4. The van der Waals surface area contributed by atoms with Gasteiger partial charge in [-0.2, -0.15) is 0 Å². The number of esters is 1. The Hall–Kier alpha value is -3.47. The Morgan fingerprint density at radius 2 is 1.86 bits per heavy atom. The minimum atomic E-state index is -0.382. The van der Waals surface area contributed by atoms with Crippen LogP contribution in [0.25, 0.3) is 0 Å². The molecule has 5 heteroatoms. The molecule has 1 unspecified atom stereocenters. The van der Waals surface area contributed by atoms with E-state index >= 15 is 0 Å². The number of cyclic esters (lactones) is 1. The van der Waals surface area contributed by atoms with Gasteiger partial charge in [-0.1, -0.05) is 42.5 Å². The Morgan fingerprint density at radius 1 is 1.07 bits per heavy atom. The third kappa shape index (κ3) is 4.04. The topological polar surface area (TPSA) is 46.6 Å². The first-order chi connectivity index (χ1) is 14.0. The van der Waals surface area contributed by atoms with Gasteiger partial charge in [-0.3, -0.25) is 4.79 Å². The molecule has 0 spiro atoms. The van der Waals surface area contributed by atoms with Crippen molar-refractivity contribution < 1.29 is 18.7 Å². The molecule has 1 aliphatic heterocycles. The van der Waals surface area contributed by atoms with Gasteiger partial charge in [0.2, 0.25) is 0 Å². The van der Waals surface area contributed by atoms with Crippen molar-refractivity contribution >= 4 is 11.9 Å². The molecule has 0 N–H and O–H groups in total. The Labute approximate surface area is 168 Å². The highest BCUT2D eigenvalue weighted by atomic mass is 19.1. The molecule has 0 saturated heterocycles. The van der Waals surface area contributed by atoms with Crippen molar-refractivity contribution in [1.29, 1.82) is 0 Å². The Balaban J connectivity index is 1.55. The number of halogens is 1. The van der Waals surface area contributed by atoms with E-state index in [2.05, 4.69) is 0 Å². The van der Waals surface area contributed by atoms with Gasteiger partial charge in [-0.15, -0.1) is 0 Å². The molecule has 0 radical (unpaired) electrons. The van der Waals surface area contributed by atoms with Crippen LogP contribution >= 0.6 is 0 Å². The van der Waals surface area contributed by atoms with Crippen LogP contribution < -0.4 is 0 Å². The van der Waals surface area contributed by atoms with Crippen molar-refractivity contribution in [3.8, 4) is 0 Å². The number of benzene rings is 3. The summed E-state index contributed by atoms with van der Waals surface area (Å²) in [6.07, 6.45) is 0.145. The van der Waals surface area contributed by atoms with Crippen LogP contribution in [0.5, 0.6) is 0 Å². The molecular weight excluding hydrogens is 369 g/mol. The van der Waals surface area contributed by atoms with E-state index in [0.717, 1.165) is 11.1 Å². The number of rotatable bonds is 4. The minimum Gasteiger partial charge on any atom is -0.454 e. The number of hydrogen-bond acceptors (Lipinski definition) is 3. The summed E-state index contributed by atoms with van der Waals surface area (Å²) in [7, 11) is 1.67. The number of carbonyl (C=O) groups excluding carboxylic acids is 2. The van der Waals surface area contributed by atoms with Crippen LogP contribution in [0.4, 0.5) is 4.39 Å². The lowest BCUT2D eigenvalue weighted by atomic mass is 9.93. The number of ether oxygens (including phenoxy) is 1. The highest BCUT2D eigenvalue weighted by Crippen LogP contribution is 2.31. The summed E-state index contributed by atoms with van der Waals surface area (Å²) in [6.45, 7) is 0.294. The molecule has 1 heterocycles. The molecule has 0 aromatic heterocycles. The molecule has 0 bridgehead atoms. The van der Waals surface area contributed by atoms with Gasteiger partial charge in [0, 0.05) is 25.6 Å². The molecule has 0 fully saturated rings. The lowest BCUT2D eigenvalue weighted by molar-refractivity contribution is 0.0252. The predicted molar refractivity (Wildman–Crippen MR) is 107 cm³/mol. The lowest BCUT2D eigenvalue weighted by Crippen LogP contribution is -2.27. The first-order valence-corrected chi connectivity index (χ1v) is 9.40. The predicted octanol–water partition coefficient (Wildman–Crippen LogP) is 4.55. The van der Waals surface area contributed by atoms with Crippen LogP contribution in [0.1, 0.15) is 43.5 Å². The van der Waals surface area contributed by atoms with Crippen LogP contribution in [-0.4, -0.2) is 23.8 Å². The monoisotopic (exact) mass is 389 g/mol. The molecule has 4 rings (SSSR count). The fourth-order valence-corrected chi connectivity index (χ4v) is 3.58. The van der Waals surface area contributed by atoms with Crippen LogP contribution in [-0.2, 0) is 17.7 Å². The average Bonchev–Trinajstić information content (AvgIpc) is 2.73. The highest BCUT2D eigenvalue weighted by Gasteiger charge is 2.28. The second-order valence-electron chi connectivity index (χ2n) is 7.17. The molecule has 0 aliphatic carbocycles. The number of amides is 1. The zero-order valence-electron chi connectivity index (χ0n) is 16.0. The van der Waals surface area contributed by atoms with Crippen LogP contribution in [0.15, 0.2) is 72.8 Å². The molecule has 3 aromatic carbocycles. The second kappa shape index (κ2) is 7.87. The van der Waals surface area contributed by atoms with Crippen LogP contribution in [0.2, 0.25) is 0 Å².